The number of nitrogens with one attached hydrogen (secondary N) is 1. The molecule has 11 heteroatoms. The van der Waals surface area contributed by atoms with Gasteiger partial charge in [0.15, 0.2) is 0 Å². The molecule has 0 bridgehead atoms. The zero-order valence-electron chi connectivity index (χ0n) is 20.5. The fourth-order valence-electron chi connectivity index (χ4n) is 4.35. The lowest BCUT2D eigenvalue weighted by Gasteiger charge is -2.21. The molecule has 7 nitrogen and oxygen atoms in total. The minimum absolute atomic E-state index is 0.188. The Hall–Kier alpha value is -4.67. The molecule has 0 spiro atoms. The molecule has 1 saturated carbocycles. The number of halogens is 4. The Bertz CT molecular complexity index is 1710. The molecule has 2 aromatic carbocycles. The Labute approximate surface area is 219 Å². The van der Waals surface area contributed by atoms with E-state index >= 15 is 0 Å². The summed E-state index contributed by atoms with van der Waals surface area (Å²) < 4.78 is 63.6. The molecule has 0 amide bonds. The fraction of sp³-hybridized carbons (Fsp3) is 0.179. The van der Waals surface area contributed by atoms with E-state index in [1.165, 1.54) is 43.5 Å². The Kier molecular flexibility index (Phi) is 6.05. The molecule has 39 heavy (non-hydrogen) atoms. The number of methoxy groups -OCH3 is 1. The summed E-state index contributed by atoms with van der Waals surface area (Å²) in [5.41, 5.74) is 3.93. The number of rotatable bonds is 6. The minimum atomic E-state index is -4.80. The van der Waals surface area contributed by atoms with E-state index in [0.29, 0.717) is 50.7 Å². The molecule has 2 aliphatic carbocycles. The lowest BCUT2D eigenvalue weighted by atomic mass is 10.1. The van der Waals surface area contributed by atoms with Crippen LogP contribution < -0.4 is 20.1 Å². The monoisotopic (exact) mass is 535 g/mol. The smallest absolute Gasteiger partial charge is 0.480 e. The second kappa shape index (κ2) is 9.57. The van der Waals surface area contributed by atoms with Gasteiger partial charge in [0, 0.05) is 18.0 Å². The van der Waals surface area contributed by atoms with E-state index in [2.05, 4.69) is 15.0 Å². The summed E-state index contributed by atoms with van der Waals surface area (Å²) in [6.45, 7) is 0. The summed E-state index contributed by atoms with van der Waals surface area (Å²) >= 11 is 0. The number of aromatic nitrogens is 3. The van der Waals surface area contributed by atoms with Gasteiger partial charge in [-0.3, -0.25) is 4.99 Å². The van der Waals surface area contributed by atoms with Gasteiger partial charge in [-0.15, -0.1) is 13.2 Å². The molecule has 0 saturated heterocycles. The molecule has 1 aliphatic heterocycles. The molecular weight excluding hydrogens is 514 g/mol. The largest absolute Gasteiger partial charge is 0.573 e. The summed E-state index contributed by atoms with van der Waals surface area (Å²) in [6.07, 6.45) is -1.23. The number of nitrogens with zero attached hydrogens (tertiary/aromatic N) is 4. The third-order valence-electron chi connectivity index (χ3n) is 6.18. The van der Waals surface area contributed by atoms with Crippen LogP contribution in [0.25, 0.3) is 28.1 Å². The van der Waals surface area contributed by atoms with E-state index in [0.717, 1.165) is 12.8 Å². The quantitative estimate of drug-likeness (QED) is 0.202. The zero-order chi connectivity index (χ0) is 27.1. The number of alkyl halides is 3. The Morgan fingerprint density at radius 1 is 1.00 bits per heavy atom. The van der Waals surface area contributed by atoms with E-state index < -0.39 is 12.2 Å². The van der Waals surface area contributed by atoms with Gasteiger partial charge < -0.3 is 19.4 Å². The van der Waals surface area contributed by atoms with Crippen LogP contribution in [0.2, 0.25) is 0 Å². The molecule has 3 aromatic rings. The first-order valence-electron chi connectivity index (χ1n) is 12.1. The van der Waals surface area contributed by atoms with Gasteiger partial charge in [0.2, 0.25) is 5.88 Å². The maximum absolute atomic E-state index is 14.2. The zero-order valence-corrected chi connectivity index (χ0v) is 20.5. The third kappa shape index (κ3) is 5.20. The highest BCUT2D eigenvalue weighted by molar-refractivity contribution is 5.84. The molecule has 198 valence electrons. The molecule has 0 unspecified atom stereocenters. The SMILES string of the molecule is COc1ncccc1Nc1cc2nc3cc(F)ccc3n(-c3ccc(OC(F)(F)F)cc3)c-2cc1=NC1CC1. The normalized spacial score (nSPS) is 14.1. The van der Waals surface area contributed by atoms with Crippen molar-refractivity contribution in [3.63, 3.8) is 0 Å². The van der Waals surface area contributed by atoms with Gasteiger partial charge in [-0.2, -0.15) is 0 Å². The van der Waals surface area contributed by atoms with Crippen LogP contribution in [0, 0.1) is 5.82 Å². The van der Waals surface area contributed by atoms with Crippen molar-refractivity contribution in [2.75, 3.05) is 12.4 Å². The average molecular weight is 536 g/mol. The van der Waals surface area contributed by atoms with Crippen LogP contribution in [0.1, 0.15) is 12.8 Å². The lowest BCUT2D eigenvalue weighted by Crippen LogP contribution is -2.17. The van der Waals surface area contributed by atoms with Crippen molar-refractivity contribution < 1.29 is 27.0 Å². The van der Waals surface area contributed by atoms with Gasteiger partial charge in [0.05, 0.1) is 46.6 Å². The van der Waals surface area contributed by atoms with Crippen LogP contribution in [0.3, 0.4) is 0 Å². The topological polar surface area (TPSA) is 73.6 Å². The number of fused-ring (bicyclic) bond motifs is 2. The van der Waals surface area contributed by atoms with Crippen LogP contribution in [-0.2, 0) is 0 Å². The Balaban J connectivity index is 1.57. The maximum atomic E-state index is 14.2. The fourth-order valence-corrected chi connectivity index (χ4v) is 4.35. The number of hydrogen-bond acceptors (Lipinski definition) is 6. The van der Waals surface area contributed by atoms with Gasteiger partial charge in [-0.25, -0.2) is 14.4 Å². The van der Waals surface area contributed by atoms with Crippen LogP contribution in [0.5, 0.6) is 11.6 Å². The van der Waals surface area contributed by atoms with Crippen LogP contribution >= 0.6 is 0 Å². The number of ether oxygens (including phenoxy) is 2. The number of benzene rings is 3. The molecule has 3 aliphatic rings. The highest BCUT2D eigenvalue weighted by Gasteiger charge is 2.31. The van der Waals surface area contributed by atoms with Gasteiger partial charge in [0.25, 0.3) is 0 Å². The highest BCUT2D eigenvalue weighted by atomic mass is 19.4. The van der Waals surface area contributed by atoms with Crippen LogP contribution in [0.4, 0.5) is 28.9 Å². The summed E-state index contributed by atoms with van der Waals surface area (Å²) in [5, 5.41) is 4.01. The van der Waals surface area contributed by atoms with Gasteiger partial charge in [-0.05, 0) is 73.5 Å². The lowest BCUT2D eigenvalue weighted by molar-refractivity contribution is -0.274. The van der Waals surface area contributed by atoms with Gasteiger partial charge in [-0.1, -0.05) is 0 Å². The molecule has 1 N–H and O–H groups in total. The van der Waals surface area contributed by atoms with E-state index in [1.54, 1.807) is 18.3 Å². The van der Waals surface area contributed by atoms with E-state index in [4.69, 9.17) is 14.7 Å². The second-order valence-electron chi connectivity index (χ2n) is 9.03. The number of hydrogen-bond donors (Lipinski definition) is 1. The summed E-state index contributed by atoms with van der Waals surface area (Å²) in [4.78, 5) is 13.8. The molecular formula is C28H21F4N5O2. The third-order valence-corrected chi connectivity index (χ3v) is 6.18. The second-order valence-corrected chi connectivity index (χ2v) is 9.03. The summed E-state index contributed by atoms with van der Waals surface area (Å²) in [7, 11) is 1.53. The first-order valence-corrected chi connectivity index (χ1v) is 12.1. The van der Waals surface area contributed by atoms with E-state index in [9.17, 15) is 17.6 Å². The summed E-state index contributed by atoms with van der Waals surface area (Å²) in [6, 6.07) is 17.2. The van der Waals surface area contributed by atoms with E-state index in [-0.39, 0.29) is 11.8 Å². The molecule has 0 radical (unpaired) electrons. The van der Waals surface area contributed by atoms with Gasteiger partial charge in [0.1, 0.15) is 17.3 Å². The van der Waals surface area contributed by atoms with Crippen molar-refractivity contribution in [2.24, 2.45) is 4.99 Å². The predicted molar refractivity (Wildman–Crippen MR) is 137 cm³/mol. The van der Waals surface area contributed by atoms with Crippen molar-refractivity contribution in [3.05, 3.63) is 84.1 Å². The maximum Gasteiger partial charge on any atom is 0.573 e. The average Bonchev–Trinajstić information content (AvgIpc) is 3.72. The Morgan fingerprint density at radius 2 is 1.79 bits per heavy atom. The minimum Gasteiger partial charge on any atom is -0.480 e. The predicted octanol–water partition coefficient (Wildman–Crippen LogP) is 6.38. The van der Waals surface area contributed by atoms with Crippen LogP contribution in [0.15, 0.2) is 77.9 Å². The van der Waals surface area contributed by atoms with Crippen molar-refractivity contribution in [1.29, 1.82) is 0 Å². The summed E-state index contributed by atoms with van der Waals surface area (Å²) in [5.74, 6) is -0.407. The number of pyridine rings is 1. The molecule has 6 rings (SSSR count). The molecule has 1 aromatic heterocycles. The molecule has 0 atom stereocenters. The van der Waals surface area contributed by atoms with Crippen LogP contribution in [-0.4, -0.2) is 34.0 Å². The Morgan fingerprint density at radius 3 is 2.51 bits per heavy atom. The first-order chi connectivity index (χ1) is 18.8. The van der Waals surface area contributed by atoms with E-state index in [1.807, 2.05) is 22.8 Å². The van der Waals surface area contributed by atoms with Crippen molar-refractivity contribution >= 4 is 22.4 Å². The molecule has 1 fully saturated rings. The first kappa shape index (κ1) is 24.7. The van der Waals surface area contributed by atoms with Crippen molar-refractivity contribution in [2.45, 2.75) is 25.2 Å². The van der Waals surface area contributed by atoms with Crippen molar-refractivity contribution in [1.82, 2.24) is 14.5 Å². The highest BCUT2D eigenvalue weighted by Crippen LogP contribution is 2.33. The number of anilines is 2. The molecule has 2 heterocycles. The van der Waals surface area contributed by atoms with Gasteiger partial charge >= 0.3 is 6.36 Å². The standard InChI is InChI=1S/C28H21F4N5O2/c1-38-27-20(3-2-12-33-27)35-21-14-24-26(15-22(21)34-17-5-6-17)37(25-11-4-16(29)13-23(25)36-24)18-7-9-19(10-8-18)39-28(30,31)32/h2-4,7-15,17,35H,5-6H2,1H3. The van der Waals surface area contributed by atoms with Crippen molar-refractivity contribution in [3.8, 4) is 28.7 Å².